The SMILES string of the molecule is COc1cccc(-c2cccc(SC)n2)c1. The van der Waals surface area contributed by atoms with Crippen LogP contribution in [0.4, 0.5) is 0 Å². The van der Waals surface area contributed by atoms with E-state index >= 15 is 0 Å². The van der Waals surface area contributed by atoms with Gasteiger partial charge in [-0.25, -0.2) is 4.98 Å². The van der Waals surface area contributed by atoms with Crippen LogP contribution in [0, 0.1) is 0 Å². The molecule has 0 aliphatic rings. The smallest absolute Gasteiger partial charge is 0.119 e. The molecule has 0 amide bonds. The molecule has 2 rings (SSSR count). The number of benzene rings is 1. The third-order valence-corrected chi connectivity index (χ3v) is 2.94. The van der Waals surface area contributed by atoms with Crippen molar-refractivity contribution in [1.29, 1.82) is 0 Å². The average molecular weight is 231 g/mol. The van der Waals surface area contributed by atoms with Crippen molar-refractivity contribution in [2.75, 3.05) is 13.4 Å². The van der Waals surface area contributed by atoms with Gasteiger partial charge in [-0.2, -0.15) is 0 Å². The second-order valence-electron chi connectivity index (χ2n) is 3.30. The van der Waals surface area contributed by atoms with E-state index < -0.39 is 0 Å². The molecule has 1 heterocycles. The molecule has 0 spiro atoms. The molecule has 0 aliphatic carbocycles. The fraction of sp³-hybridized carbons (Fsp3) is 0.154. The number of rotatable bonds is 3. The Kier molecular flexibility index (Phi) is 3.47. The van der Waals surface area contributed by atoms with Crippen molar-refractivity contribution >= 4 is 11.8 Å². The number of pyridine rings is 1. The van der Waals surface area contributed by atoms with Gasteiger partial charge in [0.15, 0.2) is 0 Å². The molecule has 82 valence electrons. The molecule has 2 aromatic rings. The molecule has 0 N–H and O–H groups in total. The normalized spacial score (nSPS) is 10.1. The summed E-state index contributed by atoms with van der Waals surface area (Å²) in [6, 6.07) is 14.0. The Morgan fingerprint density at radius 1 is 1.12 bits per heavy atom. The third kappa shape index (κ3) is 2.36. The highest BCUT2D eigenvalue weighted by Crippen LogP contribution is 2.23. The van der Waals surface area contributed by atoms with Crippen molar-refractivity contribution in [3.8, 4) is 17.0 Å². The number of methoxy groups -OCH3 is 1. The molecule has 16 heavy (non-hydrogen) atoms. The van der Waals surface area contributed by atoms with Gasteiger partial charge in [0.25, 0.3) is 0 Å². The molecule has 0 saturated carbocycles. The molecule has 0 radical (unpaired) electrons. The zero-order valence-corrected chi connectivity index (χ0v) is 10.1. The lowest BCUT2D eigenvalue weighted by molar-refractivity contribution is 0.415. The van der Waals surface area contributed by atoms with Crippen molar-refractivity contribution < 1.29 is 4.74 Å². The van der Waals surface area contributed by atoms with Crippen LogP contribution >= 0.6 is 11.8 Å². The van der Waals surface area contributed by atoms with Crippen molar-refractivity contribution in [3.05, 3.63) is 42.5 Å². The number of hydrogen-bond acceptors (Lipinski definition) is 3. The predicted molar refractivity (Wildman–Crippen MR) is 68.0 cm³/mol. The van der Waals surface area contributed by atoms with E-state index in [1.807, 2.05) is 48.7 Å². The fourth-order valence-corrected chi connectivity index (χ4v) is 1.88. The zero-order chi connectivity index (χ0) is 11.4. The van der Waals surface area contributed by atoms with Gasteiger partial charge in [0.05, 0.1) is 17.8 Å². The highest BCUT2D eigenvalue weighted by atomic mass is 32.2. The molecule has 0 aliphatic heterocycles. The maximum atomic E-state index is 5.20. The number of aromatic nitrogens is 1. The maximum Gasteiger partial charge on any atom is 0.119 e. The van der Waals surface area contributed by atoms with Crippen molar-refractivity contribution in [1.82, 2.24) is 4.98 Å². The average Bonchev–Trinajstić information content (AvgIpc) is 2.39. The minimum atomic E-state index is 0.855. The Balaban J connectivity index is 2.41. The Morgan fingerprint density at radius 2 is 1.94 bits per heavy atom. The van der Waals surface area contributed by atoms with E-state index in [9.17, 15) is 0 Å². The molecular formula is C13H13NOS. The highest BCUT2D eigenvalue weighted by Gasteiger charge is 2.01. The van der Waals surface area contributed by atoms with Crippen molar-refractivity contribution in [3.63, 3.8) is 0 Å². The molecule has 2 nitrogen and oxygen atoms in total. The molecule has 3 heteroatoms. The molecule has 0 saturated heterocycles. The van der Waals surface area contributed by atoms with Gasteiger partial charge in [0.2, 0.25) is 0 Å². The van der Waals surface area contributed by atoms with Crippen LogP contribution in [0.25, 0.3) is 11.3 Å². The van der Waals surface area contributed by atoms with Crippen LogP contribution in [0.5, 0.6) is 5.75 Å². The van der Waals surface area contributed by atoms with Crippen LogP contribution in [0.15, 0.2) is 47.5 Å². The van der Waals surface area contributed by atoms with E-state index in [1.54, 1.807) is 18.9 Å². The monoisotopic (exact) mass is 231 g/mol. The third-order valence-electron chi connectivity index (χ3n) is 2.30. The topological polar surface area (TPSA) is 22.1 Å². The lowest BCUT2D eigenvalue weighted by atomic mass is 10.1. The zero-order valence-electron chi connectivity index (χ0n) is 9.31. The van der Waals surface area contributed by atoms with Crippen LogP contribution in [0.3, 0.4) is 0 Å². The van der Waals surface area contributed by atoms with Gasteiger partial charge in [0, 0.05) is 5.56 Å². The van der Waals surface area contributed by atoms with Crippen LogP contribution in [0.2, 0.25) is 0 Å². The molecule has 1 aromatic carbocycles. The highest BCUT2D eigenvalue weighted by molar-refractivity contribution is 7.98. The summed E-state index contributed by atoms with van der Waals surface area (Å²) < 4.78 is 5.20. The quantitative estimate of drug-likeness (QED) is 0.755. The van der Waals surface area contributed by atoms with Gasteiger partial charge in [0.1, 0.15) is 5.75 Å². The number of thioether (sulfide) groups is 1. The molecule has 0 bridgehead atoms. The Bertz CT molecular complexity index is 439. The molecular weight excluding hydrogens is 218 g/mol. The first kappa shape index (κ1) is 11.0. The van der Waals surface area contributed by atoms with Gasteiger partial charge < -0.3 is 4.74 Å². The van der Waals surface area contributed by atoms with Gasteiger partial charge in [-0.05, 0) is 30.5 Å². The van der Waals surface area contributed by atoms with Crippen molar-refractivity contribution in [2.24, 2.45) is 0 Å². The first-order valence-corrected chi connectivity index (χ1v) is 6.21. The summed E-state index contributed by atoms with van der Waals surface area (Å²) in [5.41, 5.74) is 2.06. The van der Waals surface area contributed by atoms with Gasteiger partial charge in [-0.3, -0.25) is 0 Å². The fourth-order valence-electron chi connectivity index (χ4n) is 1.47. The van der Waals surface area contributed by atoms with Crippen LogP contribution in [-0.4, -0.2) is 18.3 Å². The molecule has 0 unspecified atom stereocenters. The minimum Gasteiger partial charge on any atom is -0.497 e. The van der Waals surface area contributed by atoms with Crippen LogP contribution in [-0.2, 0) is 0 Å². The molecule has 0 atom stereocenters. The molecule has 1 aromatic heterocycles. The van der Waals surface area contributed by atoms with E-state index in [0.717, 1.165) is 22.0 Å². The Morgan fingerprint density at radius 3 is 2.69 bits per heavy atom. The predicted octanol–water partition coefficient (Wildman–Crippen LogP) is 3.48. The lowest BCUT2D eigenvalue weighted by Gasteiger charge is -2.05. The van der Waals surface area contributed by atoms with Crippen molar-refractivity contribution in [2.45, 2.75) is 5.03 Å². The second-order valence-corrected chi connectivity index (χ2v) is 4.12. The second kappa shape index (κ2) is 5.03. The maximum absolute atomic E-state index is 5.20. The summed E-state index contributed by atoms with van der Waals surface area (Å²) in [5, 5.41) is 1.03. The largest absolute Gasteiger partial charge is 0.497 e. The number of nitrogens with zero attached hydrogens (tertiary/aromatic N) is 1. The van der Waals surface area contributed by atoms with Gasteiger partial charge in [-0.15, -0.1) is 11.8 Å². The number of ether oxygens (including phenoxy) is 1. The van der Waals surface area contributed by atoms with E-state index in [4.69, 9.17) is 4.74 Å². The van der Waals surface area contributed by atoms with E-state index in [0.29, 0.717) is 0 Å². The van der Waals surface area contributed by atoms with Gasteiger partial charge >= 0.3 is 0 Å². The summed E-state index contributed by atoms with van der Waals surface area (Å²) in [7, 11) is 1.67. The summed E-state index contributed by atoms with van der Waals surface area (Å²) in [6.45, 7) is 0. The summed E-state index contributed by atoms with van der Waals surface area (Å²) in [5.74, 6) is 0.855. The lowest BCUT2D eigenvalue weighted by Crippen LogP contribution is -1.87. The standard InChI is InChI=1S/C13H13NOS/c1-15-11-6-3-5-10(9-11)12-7-4-8-13(14-12)16-2/h3-9H,1-2H3. The van der Waals surface area contributed by atoms with E-state index in [-0.39, 0.29) is 0 Å². The van der Waals surface area contributed by atoms with Crippen LogP contribution in [0.1, 0.15) is 0 Å². The first-order chi connectivity index (χ1) is 7.83. The molecule has 0 fully saturated rings. The first-order valence-electron chi connectivity index (χ1n) is 4.99. The van der Waals surface area contributed by atoms with Gasteiger partial charge in [-0.1, -0.05) is 18.2 Å². The number of hydrogen-bond donors (Lipinski definition) is 0. The Hall–Kier alpha value is -1.48. The van der Waals surface area contributed by atoms with E-state index in [1.165, 1.54) is 0 Å². The minimum absolute atomic E-state index is 0.855. The summed E-state index contributed by atoms with van der Waals surface area (Å²) >= 11 is 1.65. The Labute approximate surface area is 99.7 Å². The summed E-state index contributed by atoms with van der Waals surface area (Å²) in [6.07, 6.45) is 2.03. The van der Waals surface area contributed by atoms with Crippen LogP contribution < -0.4 is 4.74 Å². The summed E-state index contributed by atoms with van der Waals surface area (Å²) in [4.78, 5) is 4.54. The van der Waals surface area contributed by atoms with E-state index in [2.05, 4.69) is 4.98 Å².